The highest BCUT2D eigenvalue weighted by Gasteiger charge is 2.48. The van der Waals surface area contributed by atoms with E-state index in [1.807, 2.05) is 43.3 Å². The predicted octanol–water partition coefficient (Wildman–Crippen LogP) is 6.11. The van der Waals surface area contributed by atoms with Gasteiger partial charge < -0.3 is 14.7 Å². The highest BCUT2D eigenvalue weighted by atomic mass is 35.5. The molecule has 1 aliphatic heterocycles. The number of esters is 1. The second kappa shape index (κ2) is 8.80. The van der Waals surface area contributed by atoms with Crippen molar-refractivity contribution in [3.63, 3.8) is 0 Å². The third kappa shape index (κ3) is 4.24. The smallest absolute Gasteiger partial charge is 0.342 e. The number of nitrogens with zero attached hydrogens (tertiary/aromatic N) is 1. The summed E-state index contributed by atoms with van der Waals surface area (Å²) < 4.78 is 5.57. The average Bonchev–Trinajstić information content (AvgIpc) is 3.01. The molecule has 1 heterocycles. The van der Waals surface area contributed by atoms with Crippen LogP contribution in [0.1, 0.15) is 16.7 Å². The van der Waals surface area contributed by atoms with E-state index in [2.05, 4.69) is 0 Å². The molecule has 0 bridgehead atoms. The van der Waals surface area contributed by atoms with Crippen LogP contribution in [0.25, 0.3) is 5.57 Å². The first kappa shape index (κ1) is 22.7. The van der Waals surface area contributed by atoms with E-state index in [0.29, 0.717) is 31.8 Å². The third-order valence-corrected chi connectivity index (χ3v) is 6.42. The Bertz CT molecular complexity index is 1200. The van der Waals surface area contributed by atoms with Gasteiger partial charge in [0, 0.05) is 42.4 Å². The van der Waals surface area contributed by atoms with E-state index in [4.69, 9.17) is 39.5 Å². The van der Waals surface area contributed by atoms with Gasteiger partial charge in [-0.2, -0.15) is 0 Å². The number of ether oxygens (including phenoxy) is 1. The number of halogens is 3. The SMILES string of the molecule is CN(C)c1ccc(CC2=C(c3ccc(Cl)c(Cl)c3)C(=O)OC2(O)c2ccc(Cl)cc2)cc1. The van der Waals surface area contributed by atoms with Crippen LogP contribution in [0.5, 0.6) is 0 Å². The van der Waals surface area contributed by atoms with Gasteiger partial charge in [-0.05, 0) is 47.5 Å². The van der Waals surface area contributed by atoms with Crippen molar-refractivity contribution in [1.82, 2.24) is 0 Å². The van der Waals surface area contributed by atoms with Crippen molar-refractivity contribution in [2.45, 2.75) is 12.2 Å². The number of carbonyl (C=O) groups excluding carboxylic acids is 1. The molecule has 0 amide bonds. The van der Waals surface area contributed by atoms with Gasteiger partial charge in [0.15, 0.2) is 0 Å². The van der Waals surface area contributed by atoms with Gasteiger partial charge >= 0.3 is 5.97 Å². The Morgan fingerprint density at radius 1 is 0.906 bits per heavy atom. The van der Waals surface area contributed by atoms with Crippen molar-refractivity contribution in [2.75, 3.05) is 19.0 Å². The normalized spacial score (nSPS) is 18.1. The van der Waals surface area contributed by atoms with E-state index in [1.54, 1.807) is 42.5 Å². The molecule has 1 N–H and O–H groups in total. The number of carbonyl (C=O) groups is 1. The lowest BCUT2D eigenvalue weighted by Crippen LogP contribution is -2.29. The van der Waals surface area contributed by atoms with Crippen molar-refractivity contribution in [2.24, 2.45) is 0 Å². The summed E-state index contributed by atoms with van der Waals surface area (Å²) in [5.41, 5.74) is 3.56. The van der Waals surface area contributed by atoms with Crippen LogP contribution in [0.15, 0.2) is 72.3 Å². The second-order valence-electron chi connectivity index (χ2n) is 7.76. The van der Waals surface area contributed by atoms with E-state index in [9.17, 15) is 9.90 Å². The van der Waals surface area contributed by atoms with Crippen LogP contribution in [0.4, 0.5) is 5.69 Å². The molecule has 3 aromatic rings. The number of hydrogen-bond donors (Lipinski definition) is 1. The van der Waals surface area contributed by atoms with Crippen molar-refractivity contribution in [3.05, 3.63) is 104 Å². The van der Waals surface area contributed by atoms with Gasteiger partial charge in [-0.1, -0.05) is 65.1 Å². The number of aliphatic hydroxyl groups is 1. The minimum absolute atomic E-state index is 0.262. The van der Waals surface area contributed by atoms with Crippen LogP contribution < -0.4 is 4.90 Å². The van der Waals surface area contributed by atoms with Gasteiger partial charge in [0.25, 0.3) is 5.79 Å². The Hall–Kier alpha value is -2.50. The first-order valence-corrected chi connectivity index (χ1v) is 11.0. The molecule has 7 heteroatoms. The summed E-state index contributed by atoms with van der Waals surface area (Å²) >= 11 is 18.3. The monoisotopic (exact) mass is 487 g/mol. The van der Waals surface area contributed by atoms with Crippen LogP contribution >= 0.6 is 34.8 Å². The highest BCUT2D eigenvalue weighted by Crippen LogP contribution is 2.45. The molecule has 164 valence electrons. The van der Waals surface area contributed by atoms with Gasteiger partial charge in [0.2, 0.25) is 0 Å². The first-order valence-electron chi connectivity index (χ1n) is 9.86. The van der Waals surface area contributed by atoms with Crippen LogP contribution in [0.2, 0.25) is 15.1 Å². The van der Waals surface area contributed by atoms with Crippen molar-refractivity contribution in [3.8, 4) is 0 Å². The van der Waals surface area contributed by atoms with E-state index < -0.39 is 11.8 Å². The van der Waals surface area contributed by atoms with Crippen LogP contribution in [-0.2, 0) is 21.7 Å². The first-order chi connectivity index (χ1) is 15.2. The number of anilines is 1. The number of cyclic esters (lactones) is 1. The maximum atomic E-state index is 13.0. The largest absolute Gasteiger partial charge is 0.421 e. The molecule has 4 rings (SSSR count). The number of rotatable bonds is 5. The van der Waals surface area contributed by atoms with E-state index >= 15 is 0 Å². The molecular weight excluding hydrogens is 469 g/mol. The molecule has 0 spiro atoms. The summed E-state index contributed by atoms with van der Waals surface area (Å²) in [4.78, 5) is 15.0. The quantitative estimate of drug-likeness (QED) is 0.440. The van der Waals surface area contributed by atoms with Crippen LogP contribution in [0, 0.1) is 0 Å². The Kier molecular flexibility index (Phi) is 6.24. The molecule has 1 unspecified atom stereocenters. The zero-order valence-electron chi connectivity index (χ0n) is 17.4. The predicted molar refractivity (Wildman–Crippen MR) is 129 cm³/mol. The summed E-state index contributed by atoms with van der Waals surface area (Å²) in [6.07, 6.45) is 0.286. The van der Waals surface area contributed by atoms with E-state index in [1.165, 1.54) is 0 Å². The lowest BCUT2D eigenvalue weighted by Gasteiger charge is -2.26. The topological polar surface area (TPSA) is 49.8 Å². The Morgan fingerprint density at radius 3 is 2.16 bits per heavy atom. The molecule has 0 saturated heterocycles. The molecule has 3 aromatic carbocycles. The van der Waals surface area contributed by atoms with Gasteiger partial charge in [0.1, 0.15) is 0 Å². The van der Waals surface area contributed by atoms with Gasteiger partial charge in [0.05, 0.1) is 15.6 Å². The van der Waals surface area contributed by atoms with Gasteiger partial charge in [-0.25, -0.2) is 4.79 Å². The standard InChI is InChI=1S/C25H20Cl3NO3/c1-29(2)19-10-3-15(4-11-19)13-20-23(16-5-12-21(27)22(28)14-16)24(30)32-25(20,31)17-6-8-18(26)9-7-17/h3-12,14,31H,13H2,1-2H3. The fourth-order valence-electron chi connectivity index (χ4n) is 3.72. The average molecular weight is 489 g/mol. The molecule has 0 saturated carbocycles. The highest BCUT2D eigenvalue weighted by molar-refractivity contribution is 6.42. The Morgan fingerprint density at radius 2 is 1.56 bits per heavy atom. The minimum atomic E-state index is -1.94. The summed E-state index contributed by atoms with van der Waals surface area (Å²) in [5, 5.41) is 12.8. The Labute approximate surface area is 201 Å². The summed E-state index contributed by atoms with van der Waals surface area (Å²) in [7, 11) is 3.92. The fourth-order valence-corrected chi connectivity index (χ4v) is 4.14. The molecular formula is C25H20Cl3NO3. The second-order valence-corrected chi connectivity index (χ2v) is 9.01. The molecule has 32 heavy (non-hydrogen) atoms. The number of benzene rings is 3. The fraction of sp³-hybridized carbons (Fsp3) is 0.160. The number of hydrogen-bond acceptors (Lipinski definition) is 4. The van der Waals surface area contributed by atoms with Crippen molar-refractivity contribution >= 4 is 52.0 Å². The van der Waals surface area contributed by atoms with Gasteiger partial charge in [-0.15, -0.1) is 0 Å². The van der Waals surface area contributed by atoms with Crippen LogP contribution in [-0.4, -0.2) is 25.2 Å². The maximum absolute atomic E-state index is 13.0. The van der Waals surface area contributed by atoms with Crippen molar-refractivity contribution in [1.29, 1.82) is 0 Å². The lowest BCUT2D eigenvalue weighted by atomic mass is 9.88. The van der Waals surface area contributed by atoms with Gasteiger partial charge in [-0.3, -0.25) is 0 Å². The van der Waals surface area contributed by atoms with E-state index in [0.717, 1.165) is 11.3 Å². The minimum Gasteiger partial charge on any atom is -0.421 e. The molecule has 0 aromatic heterocycles. The molecule has 1 aliphatic rings. The molecule has 0 radical (unpaired) electrons. The van der Waals surface area contributed by atoms with Crippen molar-refractivity contribution < 1.29 is 14.6 Å². The molecule has 0 aliphatic carbocycles. The summed E-state index contributed by atoms with van der Waals surface area (Å²) in [5.74, 6) is -2.58. The Balaban J connectivity index is 1.87. The lowest BCUT2D eigenvalue weighted by molar-refractivity contribution is -0.185. The maximum Gasteiger partial charge on any atom is 0.342 e. The molecule has 4 nitrogen and oxygen atoms in total. The summed E-state index contributed by atoms with van der Waals surface area (Å²) in [6, 6.07) is 19.3. The summed E-state index contributed by atoms with van der Waals surface area (Å²) in [6.45, 7) is 0. The zero-order chi connectivity index (χ0) is 23.0. The van der Waals surface area contributed by atoms with Crippen LogP contribution in [0.3, 0.4) is 0 Å². The zero-order valence-corrected chi connectivity index (χ0v) is 19.7. The molecule has 0 fully saturated rings. The van der Waals surface area contributed by atoms with E-state index in [-0.39, 0.29) is 12.0 Å². The third-order valence-electron chi connectivity index (χ3n) is 5.43. The molecule has 1 atom stereocenters.